The molecule has 0 aromatic heterocycles. The minimum atomic E-state index is -0.283. The third-order valence-corrected chi connectivity index (χ3v) is 5.38. The average molecular weight is 418 g/mol. The largest absolute Gasteiger partial charge is 0.506 e. The molecular formula is C25H27N3O3. The fourth-order valence-corrected chi connectivity index (χ4v) is 3.70. The summed E-state index contributed by atoms with van der Waals surface area (Å²) < 4.78 is 5.85. The van der Waals surface area contributed by atoms with E-state index in [1.165, 1.54) is 5.56 Å². The van der Waals surface area contributed by atoms with E-state index in [2.05, 4.69) is 27.7 Å². The van der Waals surface area contributed by atoms with Crippen molar-refractivity contribution in [2.24, 2.45) is 0 Å². The van der Waals surface area contributed by atoms with Crippen LogP contribution in [0.4, 0.5) is 10.5 Å². The van der Waals surface area contributed by atoms with Gasteiger partial charge in [0.15, 0.2) is 0 Å². The molecule has 31 heavy (non-hydrogen) atoms. The summed E-state index contributed by atoms with van der Waals surface area (Å²) in [6.07, 6.45) is 1.78. The van der Waals surface area contributed by atoms with Gasteiger partial charge in [-0.1, -0.05) is 42.5 Å². The zero-order valence-electron chi connectivity index (χ0n) is 17.3. The van der Waals surface area contributed by atoms with Gasteiger partial charge in [0.2, 0.25) is 0 Å². The summed E-state index contributed by atoms with van der Waals surface area (Å²) in [4.78, 5) is 14.6. The van der Waals surface area contributed by atoms with Crippen LogP contribution in [-0.2, 0) is 6.54 Å². The molecule has 0 saturated carbocycles. The molecule has 1 aliphatic heterocycles. The standard InChI is InChI=1S/C25H27N3O3/c29-24-9-5-4-8-23(24)27-25(30)26-20-14-16-28(17-15-20)18-19-10-12-22(13-11-19)31-21-6-2-1-3-7-21/h1-13,20,29H,14-18H2,(H2,26,27,30). The van der Waals surface area contributed by atoms with E-state index < -0.39 is 0 Å². The fourth-order valence-electron chi connectivity index (χ4n) is 3.70. The van der Waals surface area contributed by atoms with Crippen LogP contribution in [0.5, 0.6) is 17.2 Å². The molecule has 3 aromatic rings. The fraction of sp³-hybridized carbons (Fsp3) is 0.240. The Morgan fingerprint density at radius 1 is 0.903 bits per heavy atom. The Bertz CT molecular complexity index is 984. The van der Waals surface area contributed by atoms with Crippen molar-refractivity contribution in [3.8, 4) is 17.2 Å². The second-order valence-corrected chi connectivity index (χ2v) is 7.73. The number of nitrogens with one attached hydrogen (secondary N) is 2. The molecule has 0 atom stereocenters. The Labute approximate surface area is 182 Å². The Morgan fingerprint density at radius 2 is 1.55 bits per heavy atom. The lowest BCUT2D eigenvalue weighted by atomic mass is 10.0. The van der Waals surface area contributed by atoms with Crippen molar-refractivity contribution in [1.29, 1.82) is 0 Å². The van der Waals surface area contributed by atoms with E-state index in [4.69, 9.17) is 4.74 Å². The molecule has 1 heterocycles. The number of carbonyl (C=O) groups is 1. The Balaban J connectivity index is 1.21. The second kappa shape index (κ2) is 10.00. The van der Waals surface area contributed by atoms with Crippen molar-refractivity contribution >= 4 is 11.7 Å². The summed E-state index contributed by atoms with van der Waals surface area (Å²) in [5.41, 5.74) is 1.65. The lowest BCUT2D eigenvalue weighted by molar-refractivity contribution is 0.190. The van der Waals surface area contributed by atoms with E-state index in [1.54, 1.807) is 24.3 Å². The van der Waals surface area contributed by atoms with Gasteiger partial charge in [-0.3, -0.25) is 4.90 Å². The van der Waals surface area contributed by atoms with Crippen LogP contribution in [0.2, 0.25) is 0 Å². The number of rotatable bonds is 6. The molecule has 0 bridgehead atoms. The van der Waals surface area contributed by atoms with Gasteiger partial charge in [0.05, 0.1) is 5.69 Å². The van der Waals surface area contributed by atoms with Crippen LogP contribution in [0.1, 0.15) is 18.4 Å². The van der Waals surface area contributed by atoms with E-state index in [1.807, 2.05) is 42.5 Å². The number of hydrogen-bond acceptors (Lipinski definition) is 4. The van der Waals surface area contributed by atoms with Gasteiger partial charge in [0, 0.05) is 25.7 Å². The molecule has 0 unspecified atom stereocenters. The molecule has 2 amide bonds. The summed E-state index contributed by atoms with van der Waals surface area (Å²) in [6.45, 7) is 2.72. The predicted molar refractivity (Wildman–Crippen MR) is 122 cm³/mol. The number of nitrogens with zero attached hydrogens (tertiary/aromatic N) is 1. The first kappa shape index (κ1) is 20.8. The summed E-state index contributed by atoms with van der Waals surface area (Å²) in [7, 11) is 0. The van der Waals surface area contributed by atoms with Gasteiger partial charge in [-0.2, -0.15) is 0 Å². The molecule has 160 valence electrons. The second-order valence-electron chi connectivity index (χ2n) is 7.73. The molecule has 0 radical (unpaired) electrons. The van der Waals surface area contributed by atoms with E-state index >= 15 is 0 Å². The third kappa shape index (κ3) is 5.99. The van der Waals surface area contributed by atoms with Gasteiger partial charge in [-0.15, -0.1) is 0 Å². The number of piperidine rings is 1. The maximum absolute atomic E-state index is 12.2. The number of ether oxygens (including phenoxy) is 1. The molecular weight excluding hydrogens is 390 g/mol. The van der Waals surface area contributed by atoms with Crippen LogP contribution in [-0.4, -0.2) is 35.2 Å². The number of amides is 2. The molecule has 3 N–H and O–H groups in total. The van der Waals surface area contributed by atoms with Crippen molar-refractivity contribution in [1.82, 2.24) is 10.2 Å². The van der Waals surface area contributed by atoms with Gasteiger partial charge in [0.1, 0.15) is 17.2 Å². The topological polar surface area (TPSA) is 73.8 Å². The van der Waals surface area contributed by atoms with Gasteiger partial charge in [-0.25, -0.2) is 4.79 Å². The predicted octanol–water partition coefficient (Wildman–Crippen LogP) is 4.97. The summed E-state index contributed by atoms with van der Waals surface area (Å²) in [5, 5.41) is 15.5. The Hall–Kier alpha value is -3.51. The highest BCUT2D eigenvalue weighted by Crippen LogP contribution is 2.23. The number of phenols is 1. The molecule has 0 aliphatic carbocycles. The van der Waals surface area contributed by atoms with Crippen molar-refractivity contribution in [2.75, 3.05) is 18.4 Å². The first-order valence-electron chi connectivity index (χ1n) is 10.6. The lowest BCUT2D eigenvalue weighted by Crippen LogP contribution is -2.45. The zero-order valence-corrected chi connectivity index (χ0v) is 17.3. The molecule has 1 saturated heterocycles. The molecule has 0 spiro atoms. The summed E-state index contributed by atoms with van der Waals surface area (Å²) in [5.74, 6) is 1.72. The van der Waals surface area contributed by atoms with Crippen LogP contribution in [0.25, 0.3) is 0 Å². The van der Waals surface area contributed by atoms with Crippen LogP contribution < -0.4 is 15.4 Å². The zero-order chi connectivity index (χ0) is 21.5. The van der Waals surface area contributed by atoms with Crippen molar-refractivity contribution in [3.05, 3.63) is 84.4 Å². The minimum Gasteiger partial charge on any atom is -0.506 e. The monoisotopic (exact) mass is 417 g/mol. The molecule has 6 heteroatoms. The lowest BCUT2D eigenvalue weighted by Gasteiger charge is -2.32. The van der Waals surface area contributed by atoms with Crippen molar-refractivity contribution in [2.45, 2.75) is 25.4 Å². The van der Waals surface area contributed by atoms with Crippen LogP contribution in [0.15, 0.2) is 78.9 Å². The third-order valence-electron chi connectivity index (χ3n) is 5.38. The highest BCUT2D eigenvalue weighted by molar-refractivity contribution is 5.90. The average Bonchev–Trinajstić information content (AvgIpc) is 2.79. The number of anilines is 1. The minimum absolute atomic E-state index is 0.0626. The van der Waals surface area contributed by atoms with Gasteiger partial charge in [0.25, 0.3) is 0 Å². The van der Waals surface area contributed by atoms with Gasteiger partial charge in [-0.05, 0) is 54.8 Å². The van der Waals surface area contributed by atoms with E-state index in [0.717, 1.165) is 44.0 Å². The molecule has 3 aromatic carbocycles. The maximum atomic E-state index is 12.2. The first-order valence-corrected chi connectivity index (χ1v) is 10.6. The quantitative estimate of drug-likeness (QED) is 0.495. The van der Waals surface area contributed by atoms with Crippen molar-refractivity contribution < 1.29 is 14.6 Å². The molecule has 6 nitrogen and oxygen atoms in total. The van der Waals surface area contributed by atoms with Crippen LogP contribution >= 0.6 is 0 Å². The number of likely N-dealkylation sites (tertiary alicyclic amines) is 1. The summed E-state index contributed by atoms with van der Waals surface area (Å²) in [6, 6.07) is 24.5. The smallest absolute Gasteiger partial charge is 0.319 e. The Kier molecular flexibility index (Phi) is 6.69. The number of carbonyl (C=O) groups excluding carboxylic acids is 1. The first-order chi connectivity index (χ1) is 15.2. The number of aromatic hydroxyl groups is 1. The van der Waals surface area contributed by atoms with Crippen LogP contribution in [0, 0.1) is 0 Å². The maximum Gasteiger partial charge on any atom is 0.319 e. The number of hydrogen-bond donors (Lipinski definition) is 3. The van der Waals surface area contributed by atoms with Gasteiger partial charge < -0.3 is 20.5 Å². The van der Waals surface area contributed by atoms with Crippen molar-refractivity contribution in [3.63, 3.8) is 0 Å². The highest BCUT2D eigenvalue weighted by atomic mass is 16.5. The van der Waals surface area contributed by atoms with Gasteiger partial charge >= 0.3 is 6.03 Å². The van der Waals surface area contributed by atoms with E-state index in [0.29, 0.717) is 5.69 Å². The Morgan fingerprint density at radius 3 is 2.26 bits per heavy atom. The number of para-hydroxylation sites is 3. The van der Waals surface area contributed by atoms with E-state index in [-0.39, 0.29) is 17.8 Å². The van der Waals surface area contributed by atoms with Crippen LogP contribution in [0.3, 0.4) is 0 Å². The SMILES string of the molecule is O=C(Nc1ccccc1O)NC1CCN(Cc2ccc(Oc3ccccc3)cc2)CC1. The molecule has 1 fully saturated rings. The number of phenolic OH excluding ortho intramolecular Hbond substituents is 1. The normalized spacial score (nSPS) is 14.7. The summed E-state index contributed by atoms with van der Waals surface area (Å²) >= 11 is 0. The van der Waals surface area contributed by atoms with E-state index in [9.17, 15) is 9.90 Å². The number of benzene rings is 3. The number of urea groups is 1. The highest BCUT2D eigenvalue weighted by Gasteiger charge is 2.21. The molecule has 1 aliphatic rings. The molecule has 4 rings (SSSR count).